The maximum atomic E-state index is 12.1. The third-order valence-corrected chi connectivity index (χ3v) is 4.95. The fourth-order valence-corrected chi connectivity index (χ4v) is 3.66. The zero-order valence-corrected chi connectivity index (χ0v) is 13.0. The molecule has 1 saturated carbocycles. The van der Waals surface area contributed by atoms with Gasteiger partial charge in [0.05, 0.1) is 10.6 Å². The molecular formula is C15H23NO2S. The van der Waals surface area contributed by atoms with Gasteiger partial charge in [-0.15, -0.1) is 0 Å². The summed E-state index contributed by atoms with van der Waals surface area (Å²) in [6.07, 6.45) is 7.42. The number of aromatic nitrogens is 1. The highest BCUT2D eigenvalue weighted by Gasteiger charge is 2.31. The molecule has 1 aliphatic carbocycles. The summed E-state index contributed by atoms with van der Waals surface area (Å²) in [5.74, 6) is 0.524. The monoisotopic (exact) mass is 281 g/mol. The molecule has 4 heteroatoms. The van der Waals surface area contributed by atoms with Crippen LogP contribution in [0.4, 0.5) is 0 Å². The molecule has 0 unspecified atom stereocenters. The van der Waals surface area contributed by atoms with Crippen molar-refractivity contribution >= 4 is 9.84 Å². The molecule has 2 rings (SSSR count). The molecule has 1 aliphatic rings. The van der Waals surface area contributed by atoms with E-state index in [1.807, 2.05) is 12.3 Å². The van der Waals surface area contributed by atoms with Crippen LogP contribution in [0.25, 0.3) is 0 Å². The van der Waals surface area contributed by atoms with Crippen molar-refractivity contribution in [1.29, 1.82) is 0 Å². The Morgan fingerprint density at radius 1 is 1.37 bits per heavy atom. The molecule has 1 heterocycles. The van der Waals surface area contributed by atoms with Gasteiger partial charge in [0, 0.05) is 17.9 Å². The average Bonchev–Trinajstić information content (AvgIpc) is 3.10. The van der Waals surface area contributed by atoms with E-state index in [-0.39, 0.29) is 5.41 Å². The number of sulfone groups is 1. The van der Waals surface area contributed by atoms with Crippen molar-refractivity contribution in [1.82, 2.24) is 4.98 Å². The zero-order chi connectivity index (χ0) is 14.3. The van der Waals surface area contributed by atoms with Gasteiger partial charge in [-0.05, 0) is 36.8 Å². The van der Waals surface area contributed by atoms with Crippen molar-refractivity contribution in [3.63, 3.8) is 0 Å². The molecule has 106 valence electrons. The second kappa shape index (κ2) is 4.89. The van der Waals surface area contributed by atoms with E-state index >= 15 is 0 Å². The number of rotatable bonds is 5. The van der Waals surface area contributed by atoms with E-state index in [2.05, 4.69) is 25.8 Å². The molecule has 0 bridgehead atoms. The SMILES string of the molecule is CCCC(C)(C)c1ncc(C2CC2)cc1S(C)(=O)=O. The van der Waals surface area contributed by atoms with Crippen LogP contribution in [-0.4, -0.2) is 19.7 Å². The van der Waals surface area contributed by atoms with Crippen molar-refractivity contribution < 1.29 is 8.42 Å². The number of hydrogen-bond donors (Lipinski definition) is 0. The molecule has 3 nitrogen and oxygen atoms in total. The van der Waals surface area contributed by atoms with Gasteiger partial charge in [0.25, 0.3) is 0 Å². The first-order valence-electron chi connectivity index (χ1n) is 6.96. The lowest BCUT2D eigenvalue weighted by molar-refractivity contribution is 0.447. The highest BCUT2D eigenvalue weighted by Crippen LogP contribution is 2.42. The van der Waals surface area contributed by atoms with E-state index in [0.29, 0.717) is 10.8 Å². The van der Waals surface area contributed by atoms with Crippen LogP contribution in [0.15, 0.2) is 17.2 Å². The molecule has 0 N–H and O–H groups in total. The predicted molar refractivity (Wildman–Crippen MR) is 77.3 cm³/mol. The molecule has 1 aromatic rings. The third kappa shape index (κ3) is 3.16. The lowest BCUT2D eigenvalue weighted by Crippen LogP contribution is -2.22. The van der Waals surface area contributed by atoms with Crippen molar-refractivity contribution in [2.24, 2.45) is 0 Å². The standard InChI is InChI=1S/C15H23NO2S/c1-5-8-15(2,3)14-13(19(4,17)18)9-12(10-16-14)11-6-7-11/h9-11H,5-8H2,1-4H3. The highest BCUT2D eigenvalue weighted by molar-refractivity contribution is 7.90. The van der Waals surface area contributed by atoms with E-state index in [4.69, 9.17) is 0 Å². The van der Waals surface area contributed by atoms with Gasteiger partial charge in [-0.3, -0.25) is 4.98 Å². The quantitative estimate of drug-likeness (QED) is 0.830. The van der Waals surface area contributed by atoms with Gasteiger partial charge in [0.2, 0.25) is 0 Å². The van der Waals surface area contributed by atoms with Crippen molar-refractivity contribution in [3.8, 4) is 0 Å². The average molecular weight is 281 g/mol. The van der Waals surface area contributed by atoms with Crippen LogP contribution >= 0.6 is 0 Å². The van der Waals surface area contributed by atoms with Crippen LogP contribution in [0, 0.1) is 0 Å². The van der Waals surface area contributed by atoms with E-state index in [9.17, 15) is 8.42 Å². The van der Waals surface area contributed by atoms with Crippen LogP contribution in [0.2, 0.25) is 0 Å². The molecule has 0 atom stereocenters. The largest absolute Gasteiger partial charge is 0.259 e. The minimum absolute atomic E-state index is 0.199. The second-order valence-corrected chi connectivity index (χ2v) is 8.28. The lowest BCUT2D eigenvalue weighted by Gasteiger charge is -2.26. The Morgan fingerprint density at radius 3 is 2.47 bits per heavy atom. The van der Waals surface area contributed by atoms with Crippen LogP contribution < -0.4 is 0 Å². The van der Waals surface area contributed by atoms with Crippen LogP contribution in [-0.2, 0) is 15.3 Å². The summed E-state index contributed by atoms with van der Waals surface area (Å²) in [7, 11) is -3.23. The Labute approximate surface area is 116 Å². The Balaban J connectivity index is 2.54. The highest BCUT2D eigenvalue weighted by atomic mass is 32.2. The van der Waals surface area contributed by atoms with Gasteiger partial charge in [-0.1, -0.05) is 27.2 Å². The Kier molecular flexibility index (Phi) is 3.74. The van der Waals surface area contributed by atoms with E-state index in [1.165, 1.54) is 6.26 Å². The molecule has 19 heavy (non-hydrogen) atoms. The summed E-state index contributed by atoms with van der Waals surface area (Å²) in [5.41, 5.74) is 1.60. The number of pyridine rings is 1. The summed E-state index contributed by atoms with van der Waals surface area (Å²) in [4.78, 5) is 4.94. The van der Waals surface area contributed by atoms with Gasteiger partial charge >= 0.3 is 0 Å². The molecular weight excluding hydrogens is 258 g/mol. The topological polar surface area (TPSA) is 47.0 Å². The first-order valence-corrected chi connectivity index (χ1v) is 8.85. The molecule has 0 spiro atoms. The fourth-order valence-electron chi connectivity index (χ4n) is 2.63. The van der Waals surface area contributed by atoms with Gasteiger partial charge < -0.3 is 0 Å². The Morgan fingerprint density at radius 2 is 2.00 bits per heavy atom. The maximum Gasteiger partial charge on any atom is 0.177 e. The van der Waals surface area contributed by atoms with E-state index in [1.54, 1.807) is 0 Å². The lowest BCUT2D eigenvalue weighted by atomic mass is 9.84. The minimum atomic E-state index is -3.23. The summed E-state index contributed by atoms with van der Waals surface area (Å²) in [6, 6.07) is 1.85. The third-order valence-electron chi connectivity index (χ3n) is 3.84. The van der Waals surface area contributed by atoms with Gasteiger partial charge in [-0.25, -0.2) is 8.42 Å². The van der Waals surface area contributed by atoms with Crippen molar-refractivity contribution in [2.75, 3.05) is 6.26 Å². The Hall–Kier alpha value is -0.900. The molecule has 1 aromatic heterocycles. The smallest absolute Gasteiger partial charge is 0.177 e. The second-order valence-electron chi connectivity index (χ2n) is 6.30. The summed E-state index contributed by atoms with van der Waals surface area (Å²) >= 11 is 0. The fraction of sp³-hybridized carbons (Fsp3) is 0.667. The molecule has 0 aliphatic heterocycles. The van der Waals surface area contributed by atoms with Gasteiger partial charge in [-0.2, -0.15) is 0 Å². The number of hydrogen-bond acceptors (Lipinski definition) is 3. The summed E-state index contributed by atoms with van der Waals surface area (Å²) < 4.78 is 24.1. The number of nitrogens with zero attached hydrogens (tertiary/aromatic N) is 1. The van der Waals surface area contributed by atoms with Gasteiger partial charge in [0.1, 0.15) is 0 Å². The van der Waals surface area contributed by atoms with E-state index < -0.39 is 9.84 Å². The summed E-state index contributed by atoms with van der Waals surface area (Å²) in [5, 5.41) is 0. The first-order chi connectivity index (χ1) is 8.75. The van der Waals surface area contributed by atoms with Crippen molar-refractivity contribution in [3.05, 3.63) is 23.5 Å². The molecule has 0 aromatic carbocycles. The minimum Gasteiger partial charge on any atom is -0.259 e. The molecule has 1 fully saturated rings. The van der Waals surface area contributed by atoms with Gasteiger partial charge in [0.15, 0.2) is 9.84 Å². The van der Waals surface area contributed by atoms with Crippen LogP contribution in [0.5, 0.6) is 0 Å². The first kappa shape index (κ1) is 14.5. The zero-order valence-electron chi connectivity index (χ0n) is 12.2. The Bertz CT molecular complexity index is 572. The maximum absolute atomic E-state index is 12.1. The predicted octanol–water partition coefficient (Wildman–Crippen LogP) is 3.44. The van der Waals surface area contributed by atoms with E-state index in [0.717, 1.165) is 36.9 Å². The van der Waals surface area contributed by atoms with Crippen LogP contribution in [0.1, 0.15) is 63.6 Å². The molecule has 0 saturated heterocycles. The normalized spacial score (nSPS) is 16.6. The van der Waals surface area contributed by atoms with Crippen molar-refractivity contribution in [2.45, 2.75) is 62.7 Å². The molecule has 0 amide bonds. The van der Waals surface area contributed by atoms with Crippen LogP contribution in [0.3, 0.4) is 0 Å². The molecule has 0 radical (unpaired) electrons. The summed E-state index contributed by atoms with van der Waals surface area (Å²) in [6.45, 7) is 6.26.